The first-order valence-electron chi connectivity index (χ1n) is 5.56. The fraction of sp³-hybridized carbons (Fsp3) is 0.538. The van der Waals surface area contributed by atoms with Gasteiger partial charge < -0.3 is 5.11 Å². The summed E-state index contributed by atoms with van der Waals surface area (Å²) in [6.45, 7) is 5.50. The van der Waals surface area contributed by atoms with Crippen LogP contribution in [0, 0.1) is 10.8 Å². The maximum absolute atomic E-state index is 12.2. The highest BCUT2D eigenvalue weighted by molar-refractivity contribution is 6.06. The van der Waals surface area contributed by atoms with Gasteiger partial charge in [0.25, 0.3) is 0 Å². The number of Topliss-reactive ketones (excluding diaryl/α,β-unsaturated/α-hetero) is 2. The van der Waals surface area contributed by atoms with Crippen LogP contribution in [0.1, 0.15) is 32.6 Å². The Bertz CT molecular complexity index is 407. The number of hydrogen-bond donors (Lipinski definition) is 1. The lowest BCUT2D eigenvalue weighted by Gasteiger charge is -2.42. The van der Waals surface area contributed by atoms with E-state index in [1.54, 1.807) is 6.08 Å². The molecular formula is C13H16O3. The van der Waals surface area contributed by atoms with Crippen molar-refractivity contribution in [3.05, 3.63) is 24.5 Å². The molecule has 0 saturated heterocycles. The molecular weight excluding hydrogens is 204 g/mol. The molecule has 2 atom stereocenters. The Morgan fingerprint density at radius 1 is 1.56 bits per heavy atom. The zero-order valence-electron chi connectivity index (χ0n) is 9.45. The van der Waals surface area contributed by atoms with Crippen molar-refractivity contribution in [1.82, 2.24) is 0 Å². The quantitative estimate of drug-likeness (QED) is 0.727. The molecule has 3 nitrogen and oxygen atoms in total. The number of allylic oxidation sites excluding steroid dienone is 3. The van der Waals surface area contributed by atoms with Crippen molar-refractivity contribution in [3.8, 4) is 0 Å². The van der Waals surface area contributed by atoms with Crippen molar-refractivity contribution >= 4 is 11.6 Å². The summed E-state index contributed by atoms with van der Waals surface area (Å²) >= 11 is 0. The Balaban J connectivity index is 2.57. The lowest BCUT2D eigenvalue weighted by Crippen LogP contribution is -2.47. The summed E-state index contributed by atoms with van der Waals surface area (Å²) in [5.41, 5.74) is -1.39. The SMILES string of the molecule is C=CC[C@]12CCC(=O)[C@]1(C)CC=C(O)C2=O. The van der Waals surface area contributed by atoms with Gasteiger partial charge in [-0.05, 0) is 25.3 Å². The number of carbonyl (C=O) groups is 2. The van der Waals surface area contributed by atoms with Crippen LogP contribution in [-0.4, -0.2) is 16.7 Å². The summed E-state index contributed by atoms with van der Waals surface area (Å²) in [5.74, 6) is -0.340. The Morgan fingerprint density at radius 3 is 2.88 bits per heavy atom. The number of carbonyl (C=O) groups excluding carboxylic acids is 2. The van der Waals surface area contributed by atoms with Crippen LogP contribution in [0.5, 0.6) is 0 Å². The van der Waals surface area contributed by atoms with Crippen molar-refractivity contribution in [2.24, 2.45) is 10.8 Å². The molecule has 86 valence electrons. The van der Waals surface area contributed by atoms with Crippen molar-refractivity contribution < 1.29 is 14.7 Å². The fourth-order valence-corrected chi connectivity index (χ4v) is 3.12. The van der Waals surface area contributed by atoms with E-state index in [2.05, 4.69) is 6.58 Å². The second kappa shape index (κ2) is 3.30. The normalized spacial score (nSPS) is 38.2. The van der Waals surface area contributed by atoms with Crippen molar-refractivity contribution in [2.75, 3.05) is 0 Å². The van der Waals surface area contributed by atoms with Crippen LogP contribution in [0.15, 0.2) is 24.5 Å². The third-order valence-electron chi connectivity index (χ3n) is 4.31. The topological polar surface area (TPSA) is 54.4 Å². The first-order chi connectivity index (χ1) is 7.48. The van der Waals surface area contributed by atoms with E-state index in [0.717, 1.165) is 0 Å². The van der Waals surface area contributed by atoms with Gasteiger partial charge in [-0.3, -0.25) is 9.59 Å². The smallest absolute Gasteiger partial charge is 0.204 e. The third kappa shape index (κ3) is 1.09. The van der Waals surface area contributed by atoms with Crippen molar-refractivity contribution in [1.29, 1.82) is 0 Å². The van der Waals surface area contributed by atoms with E-state index in [9.17, 15) is 14.7 Å². The zero-order valence-corrected chi connectivity index (χ0v) is 9.45. The van der Waals surface area contributed by atoms with E-state index >= 15 is 0 Å². The number of fused-ring (bicyclic) bond motifs is 1. The number of rotatable bonds is 2. The van der Waals surface area contributed by atoms with Gasteiger partial charge in [-0.1, -0.05) is 13.0 Å². The lowest BCUT2D eigenvalue weighted by atomic mass is 9.58. The average Bonchev–Trinajstić information content (AvgIpc) is 2.51. The molecule has 3 heteroatoms. The van der Waals surface area contributed by atoms with E-state index in [-0.39, 0.29) is 17.3 Å². The van der Waals surface area contributed by atoms with E-state index in [4.69, 9.17) is 0 Å². The molecule has 0 spiro atoms. The van der Waals surface area contributed by atoms with Crippen molar-refractivity contribution in [2.45, 2.75) is 32.6 Å². The Labute approximate surface area is 94.8 Å². The van der Waals surface area contributed by atoms with E-state index in [1.807, 2.05) is 6.92 Å². The predicted molar refractivity (Wildman–Crippen MR) is 59.9 cm³/mol. The second-order valence-corrected chi connectivity index (χ2v) is 4.95. The number of hydrogen-bond acceptors (Lipinski definition) is 3. The molecule has 2 aliphatic carbocycles. The maximum atomic E-state index is 12.2. The molecule has 0 unspecified atom stereocenters. The molecule has 0 amide bonds. The summed E-state index contributed by atoms with van der Waals surface area (Å²) in [6.07, 6.45) is 5.03. The Morgan fingerprint density at radius 2 is 2.25 bits per heavy atom. The van der Waals surface area contributed by atoms with Crippen LogP contribution in [0.25, 0.3) is 0 Å². The molecule has 0 aromatic heterocycles. The summed E-state index contributed by atoms with van der Waals surface area (Å²) in [4.78, 5) is 24.1. The molecule has 1 saturated carbocycles. The van der Waals surface area contributed by atoms with Gasteiger partial charge >= 0.3 is 0 Å². The molecule has 2 rings (SSSR count). The molecule has 1 N–H and O–H groups in total. The summed E-state index contributed by atoms with van der Waals surface area (Å²) < 4.78 is 0. The van der Waals surface area contributed by atoms with Gasteiger partial charge in [-0.15, -0.1) is 6.58 Å². The van der Waals surface area contributed by atoms with Gasteiger partial charge in [0.1, 0.15) is 5.78 Å². The first-order valence-corrected chi connectivity index (χ1v) is 5.56. The standard InChI is InChI=1S/C13H16O3/c1-3-6-13-8-5-10(15)12(13,2)7-4-9(14)11(13)16/h3-4,14H,1,5-8H2,2H3/t12-,13+/m0/s1. The molecule has 0 heterocycles. The van der Waals surface area contributed by atoms with Crippen LogP contribution in [-0.2, 0) is 9.59 Å². The van der Waals surface area contributed by atoms with Gasteiger partial charge in [-0.25, -0.2) is 0 Å². The highest BCUT2D eigenvalue weighted by atomic mass is 16.3. The molecule has 2 aliphatic rings. The van der Waals surface area contributed by atoms with Crippen LogP contribution in [0.4, 0.5) is 0 Å². The number of aliphatic hydroxyl groups excluding tert-OH is 1. The summed E-state index contributed by atoms with van der Waals surface area (Å²) in [7, 11) is 0. The molecule has 0 aromatic rings. The first kappa shape index (κ1) is 11.1. The minimum absolute atomic E-state index is 0.131. The maximum Gasteiger partial charge on any atom is 0.204 e. The minimum Gasteiger partial charge on any atom is -0.505 e. The van der Waals surface area contributed by atoms with Crippen LogP contribution in [0.2, 0.25) is 0 Å². The van der Waals surface area contributed by atoms with Crippen LogP contribution in [0.3, 0.4) is 0 Å². The third-order valence-corrected chi connectivity index (χ3v) is 4.31. The van der Waals surface area contributed by atoms with E-state index < -0.39 is 10.8 Å². The Hall–Kier alpha value is -1.38. The summed E-state index contributed by atoms with van der Waals surface area (Å²) in [6, 6.07) is 0. The molecule has 0 bridgehead atoms. The van der Waals surface area contributed by atoms with Gasteiger partial charge in [0.15, 0.2) is 5.76 Å². The van der Waals surface area contributed by atoms with Crippen LogP contribution < -0.4 is 0 Å². The monoisotopic (exact) mass is 220 g/mol. The number of ketones is 2. The average molecular weight is 220 g/mol. The lowest BCUT2D eigenvalue weighted by molar-refractivity contribution is -0.142. The fourth-order valence-electron chi connectivity index (χ4n) is 3.12. The highest BCUT2D eigenvalue weighted by Crippen LogP contribution is 2.58. The molecule has 0 aliphatic heterocycles. The molecule has 16 heavy (non-hydrogen) atoms. The Kier molecular flexibility index (Phi) is 2.30. The van der Waals surface area contributed by atoms with Gasteiger partial charge in [-0.2, -0.15) is 0 Å². The zero-order chi connectivity index (χ0) is 12.0. The molecule has 0 radical (unpaired) electrons. The van der Waals surface area contributed by atoms with Crippen molar-refractivity contribution in [3.63, 3.8) is 0 Å². The number of aliphatic hydroxyl groups is 1. The molecule has 0 aromatic carbocycles. The summed E-state index contributed by atoms with van der Waals surface area (Å²) in [5, 5.41) is 9.58. The minimum atomic E-state index is -0.745. The predicted octanol–water partition coefficient (Wildman–Crippen LogP) is 2.33. The van der Waals surface area contributed by atoms with E-state index in [0.29, 0.717) is 25.7 Å². The second-order valence-electron chi connectivity index (χ2n) is 4.95. The molecule has 1 fully saturated rings. The highest BCUT2D eigenvalue weighted by Gasteiger charge is 2.62. The van der Waals surface area contributed by atoms with Gasteiger partial charge in [0, 0.05) is 11.8 Å². The van der Waals surface area contributed by atoms with Crippen LogP contribution >= 0.6 is 0 Å². The van der Waals surface area contributed by atoms with Gasteiger partial charge in [0.05, 0.1) is 5.41 Å². The van der Waals surface area contributed by atoms with E-state index in [1.165, 1.54) is 6.08 Å². The van der Waals surface area contributed by atoms with Gasteiger partial charge in [0.2, 0.25) is 5.78 Å². The largest absolute Gasteiger partial charge is 0.505 e.